The molecule has 1 fully saturated rings. The summed E-state index contributed by atoms with van der Waals surface area (Å²) in [7, 11) is 0. The summed E-state index contributed by atoms with van der Waals surface area (Å²) in [5.41, 5.74) is 5.48. The highest BCUT2D eigenvalue weighted by atomic mass is 16.5. The molecule has 0 saturated carbocycles. The van der Waals surface area contributed by atoms with E-state index in [4.69, 9.17) is 15.6 Å². The van der Waals surface area contributed by atoms with Gasteiger partial charge in [-0.1, -0.05) is 6.92 Å². The van der Waals surface area contributed by atoms with Crippen molar-refractivity contribution in [2.75, 3.05) is 26.3 Å². The maximum atomic E-state index is 10.6. The first-order chi connectivity index (χ1) is 6.65. The third-order valence-electron chi connectivity index (χ3n) is 2.57. The third-order valence-corrected chi connectivity index (χ3v) is 2.57. The fourth-order valence-corrected chi connectivity index (χ4v) is 1.64. The molecule has 1 heterocycles. The molecule has 2 unspecified atom stereocenters. The number of nitrogens with two attached hydrogens (primary N) is 1. The number of rotatable bonds is 4. The molecule has 14 heavy (non-hydrogen) atoms. The lowest BCUT2D eigenvalue weighted by Gasteiger charge is -2.35. The van der Waals surface area contributed by atoms with Gasteiger partial charge in [0.1, 0.15) is 6.04 Å². The van der Waals surface area contributed by atoms with Crippen molar-refractivity contribution < 1.29 is 14.6 Å². The molecule has 5 nitrogen and oxygen atoms in total. The minimum atomic E-state index is -0.939. The summed E-state index contributed by atoms with van der Waals surface area (Å²) in [5, 5.41) is 8.69. The molecule has 0 aromatic heterocycles. The fourth-order valence-electron chi connectivity index (χ4n) is 1.64. The van der Waals surface area contributed by atoms with Crippen LogP contribution in [0.15, 0.2) is 0 Å². The number of morpholine rings is 1. The Morgan fingerprint density at radius 2 is 2.50 bits per heavy atom. The Morgan fingerprint density at radius 1 is 1.79 bits per heavy atom. The van der Waals surface area contributed by atoms with Crippen LogP contribution in [0.1, 0.15) is 13.3 Å². The van der Waals surface area contributed by atoms with Crippen LogP contribution in [0.2, 0.25) is 0 Å². The van der Waals surface area contributed by atoms with Gasteiger partial charge in [-0.2, -0.15) is 0 Å². The smallest absolute Gasteiger partial charge is 0.321 e. The van der Waals surface area contributed by atoms with E-state index in [0.717, 1.165) is 13.0 Å². The summed E-state index contributed by atoms with van der Waals surface area (Å²) in [6, 6.07) is -0.476. The Bertz CT molecular complexity index is 198. The van der Waals surface area contributed by atoms with Gasteiger partial charge in [-0.3, -0.25) is 9.69 Å². The topological polar surface area (TPSA) is 75.8 Å². The van der Waals surface area contributed by atoms with Crippen molar-refractivity contribution in [3.63, 3.8) is 0 Å². The van der Waals surface area contributed by atoms with Crippen molar-refractivity contribution in [2.45, 2.75) is 25.4 Å². The molecule has 1 aliphatic heterocycles. The van der Waals surface area contributed by atoms with E-state index in [9.17, 15) is 4.79 Å². The van der Waals surface area contributed by atoms with Gasteiger partial charge < -0.3 is 15.6 Å². The lowest BCUT2D eigenvalue weighted by atomic mass is 10.1. The van der Waals surface area contributed by atoms with E-state index in [1.165, 1.54) is 0 Å². The zero-order valence-electron chi connectivity index (χ0n) is 8.48. The van der Waals surface area contributed by atoms with Crippen molar-refractivity contribution in [1.82, 2.24) is 4.90 Å². The normalized spacial score (nSPS) is 26.0. The predicted molar refractivity (Wildman–Crippen MR) is 52.1 cm³/mol. The zero-order chi connectivity index (χ0) is 10.6. The Morgan fingerprint density at radius 3 is 3.07 bits per heavy atom. The molecular weight excluding hydrogens is 184 g/mol. The van der Waals surface area contributed by atoms with Crippen molar-refractivity contribution >= 4 is 5.97 Å². The molecular formula is C9H18N2O3. The van der Waals surface area contributed by atoms with Crippen LogP contribution in [0.4, 0.5) is 0 Å². The average molecular weight is 202 g/mol. The number of ether oxygens (including phenoxy) is 1. The van der Waals surface area contributed by atoms with Crippen LogP contribution < -0.4 is 5.73 Å². The molecule has 1 rings (SSSR count). The summed E-state index contributed by atoms with van der Waals surface area (Å²) in [5.74, 6) is -0.939. The number of carboxylic acid groups (broad SMARTS) is 1. The van der Waals surface area contributed by atoms with E-state index in [2.05, 4.69) is 11.8 Å². The molecule has 0 radical (unpaired) electrons. The molecule has 0 aliphatic carbocycles. The van der Waals surface area contributed by atoms with E-state index in [-0.39, 0.29) is 0 Å². The van der Waals surface area contributed by atoms with Crippen molar-refractivity contribution in [2.24, 2.45) is 5.73 Å². The monoisotopic (exact) mass is 202 g/mol. The minimum Gasteiger partial charge on any atom is -0.480 e. The largest absolute Gasteiger partial charge is 0.480 e. The van der Waals surface area contributed by atoms with Gasteiger partial charge in [0.15, 0.2) is 0 Å². The molecule has 1 aliphatic rings. The molecule has 1 saturated heterocycles. The molecule has 3 N–H and O–H groups in total. The molecule has 0 aromatic rings. The molecule has 0 amide bonds. The first-order valence-corrected chi connectivity index (χ1v) is 4.95. The first kappa shape index (κ1) is 11.4. The van der Waals surface area contributed by atoms with Gasteiger partial charge in [0.2, 0.25) is 0 Å². The predicted octanol–water partition coefficient (Wildman–Crippen LogP) is -0.491. The highest BCUT2D eigenvalue weighted by molar-refractivity contribution is 5.73. The van der Waals surface area contributed by atoms with Crippen LogP contribution in [0, 0.1) is 0 Å². The Labute approximate surface area is 83.8 Å². The van der Waals surface area contributed by atoms with E-state index >= 15 is 0 Å². The second-order valence-electron chi connectivity index (χ2n) is 3.58. The highest BCUT2D eigenvalue weighted by Crippen LogP contribution is 2.10. The van der Waals surface area contributed by atoms with Gasteiger partial charge in [-0.05, 0) is 6.42 Å². The summed E-state index contributed by atoms with van der Waals surface area (Å²) in [4.78, 5) is 12.7. The number of aliphatic carboxylic acids is 1. The number of hydrogen-bond acceptors (Lipinski definition) is 4. The number of carboxylic acids is 1. The van der Waals surface area contributed by atoms with Crippen LogP contribution in [-0.2, 0) is 9.53 Å². The first-order valence-electron chi connectivity index (χ1n) is 4.95. The summed E-state index contributed by atoms with van der Waals surface area (Å²) < 4.78 is 5.32. The summed E-state index contributed by atoms with van der Waals surface area (Å²) in [6.45, 7) is 4.61. The molecule has 2 atom stereocenters. The van der Waals surface area contributed by atoms with E-state index in [0.29, 0.717) is 25.8 Å². The van der Waals surface area contributed by atoms with Crippen LogP contribution in [-0.4, -0.2) is 54.4 Å². The Hall–Kier alpha value is -0.650. The number of carbonyl (C=O) groups is 1. The minimum absolute atomic E-state index is 0.314. The maximum Gasteiger partial charge on any atom is 0.321 e. The zero-order valence-corrected chi connectivity index (χ0v) is 8.48. The van der Waals surface area contributed by atoms with Gasteiger partial charge >= 0.3 is 5.97 Å². The second kappa shape index (κ2) is 5.29. The molecule has 5 heteroatoms. The third kappa shape index (κ3) is 2.94. The van der Waals surface area contributed by atoms with Gasteiger partial charge in [-0.25, -0.2) is 0 Å². The summed E-state index contributed by atoms with van der Waals surface area (Å²) in [6.07, 6.45) is 0.965. The average Bonchev–Trinajstić information content (AvgIpc) is 2.18. The van der Waals surface area contributed by atoms with Crippen LogP contribution in [0.25, 0.3) is 0 Å². The van der Waals surface area contributed by atoms with Crippen LogP contribution in [0.3, 0.4) is 0 Å². The lowest BCUT2D eigenvalue weighted by molar-refractivity contribution is -0.139. The molecule has 0 spiro atoms. The van der Waals surface area contributed by atoms with Crippen molar-refractivity contribution in [3.05, 3.63) is 0 Å². The van der Waals surface area contributed by atoms with E-state index in [1.807, 2.05) is 0 Å². The highest BCUT2D eigenvalue weighted by Gasteiger charge is 2.25. The fraction of sp³-hybridized carbons (Fsp3) is 0.889. The van der Waals surface area contributed by atoms with Gasteiger partial charge in [0, 0.05) is 19.1 Å². The second-order valence-corrected chi connectivity index (χ2v) is 3.58. The van der Waals surface area contributed by atoms with Crippen molar-refractivity contribution in [3.8, 4) is 0 Å². The Balaban J connectivity index is 2.44. The Kier molecular flexibility index (Phi) is 4.31. The molecule has 82 valence electrons. The van der Waals surface area contributed by atoms with E-state index < -0.39 is 12.0 Å². The van der Waals surface area contributed by atoms with Gasteiger partial charge in [-0.15, -0.1) is 0 Å². The van der Waals surface area contributed by atoms with Crippen molar-refractivity contribution in [1.29, 1.82) is 0 Å². The van der Waals surface area contributed by atoms with Crippen LogP contribution >= 0.6 is 0 Å². The standard InChI is InChI=1S/C9H18N2O3/c1-2-7-6-14-4-3-11(7)5-8(10)9(12)13/h7-8H,2-6,10H2,1H3,(H,12,13). The van der Waals surface area contributed by atoms with Gasteiger partial charge in [0.05, 0.1) is 13.2 Å². The SMILES string of the molecule is CCC1COCCN1CC(N)C(=O)O. The summed E-state index contributed by atoms with van der Waals surface area (Å²) >= 11 is 0. The van der Waals surface area contributed by atoms with E-state index in [1.54, 1.807) is 0 Å². The lowest BCUT2D eigenvalue weighted by Crippen LogP contribution is -2.51. The molecule has 0 bridgehead atoms. The molecule has 0 aromatic carbocycles. The number of nitrogens with zero attached hydrogens (tertiary/aromatic N) is 1. The maximum absolute atomic E-state index is 10.6. The number of hydrogen-bond donors (Lipinski definition) is 2. The van der Waals surface area contributed by atoms with Crippen LogP contribution in [0.5, 0.6) is 0 Å². The quantitative estimate of drug-likeness (QED) is 0.643. The van der Waals surface area contributed by atoms with Gasteiger partial charge in [0.25, 0.3) is 0 Å².